The molecule has 4 aliphatic rings. The molecular weight excluding hydrogens is 561 g/mol. The largest absolute Gasteiger partial charge is 0.472 e. The molecule has 0 heterocycles. The summed E-state index contributed by atoms with van der Waals surface area (Å²) in [6.07, 6.45) is 15.9. The maximum atomic E-state index is 12.6. The van der Waals surface area contributed by atoms with Crippen LogP contribution in [0.25, 0.3) is 0 Å². The number of ether oxygens (including phenoxy) is 1. The Kier molecular flexibility index (Phi) is 11.4. The molecule has 43 heavy (non-hydrogen) atoms. The summed E-state index contributed by atoms with van der Waals surface area (Å²) >= 11 is 0. The summed E-state index contributed by atoms with van der Waals surface area (Å²) in [7, 11) is 1.75. The summed E-state index contributed by atoms with van der Waals surface area (Å²) in [4.78, 5) is 22.5. The Bertz CT molecular complexity index is 1040. The number of carbonyl (C=O) groups excluding carboxylic acids is 1. The van der Waals surface area contributed by atoms with Gasteiger partial charge < -0.3 is 14.1 Å². The van der Waals surface area contributed by atoms with Crippen molar-refractivity contribution in [2.75, 3.05) is 40.9 Å². The number of esters is 1. The third-order valence-corrected chi connectivity index (χ3v) is 13.2. The van der Waals surface area contributed by atoms with Crippen molar-refractivity contribution in [3.8, 4) is 0 Å². The van der Waals surface area contributed by atoms with E-state index in [1.165, 1.54) is 56.9 Å². The van der Waals surface area contributed by atoms with Crippen LogP contribution >= 0.6 is 7.82 Å². The molecule has 0 aliphatic heterocycles. The van der Waals surface area contributed by atoms with Gasteiger partial charge in [0.2, 0.25) is 0 Å². The van der Waals surface area contributed by atoms with Crippen LogP contribution in [0.1, 0.15) is 112 Å². The number of allylic oxidation sites excluding steroid dienone is 1. The third-order valence-electron chi connectivity index (χ3n) is 12.1. The van der Waals surface area contributed by atoms with Crippen LogP contribution in [0, 0.1) is 46.3 Å². The van der Waals surface area contributed by atoms with Gasteiger partial charge in [-0.2, -0.15) is 0 Å². The standard InChI is InChI=1S/C35H62NO6P/c1-25(2)10-9-11-26(3)30-14-15-31-29-13-12-27-24-28(16-19-34(27,4)32(29)17-20-35(30,31)5)42-33(37)18-22-40-43(38,39)41-23-21-36(6,7)8/h12,25-26,28-32H,9-11,13-24H2,1-8H3/p+1/t26-,28+,29+,30-,31+,32+,34+,35-/m1/s1. The third kappa shape index (κ3) is 8.56. The number of nitrogens with zero attached hydrogens (tertiary/aromatic N) is 1. The van der Waals surface area contributed by atoms with Gasteiger partial charge in [-0.25, -0.2) is 4.57 Å². The molecular formula is C35H63NO6P+. The summed E-state index contributed by atoms with van der Waals surface area (Å²) < 4.78 is 28.7. The number of carbonyl (C=O) groups is 1. The van der Waals surface area contributed by atoms with Gasteiger partial charge in [0.05, 0.1) is 34.2 Å². The number of phosphoric acid groups is 1. The molecule has 1 unspecified atom stereocenters. The fourth-order valence-corrected chi connectivity index (χ4v) is 10.4. The lowest BCUT2D eigenvalue weighted by Crippen LogP contribution is -2.51. The lowest BCUT2D eigenvalue weighted by molar-refractivity contribution is -0.870. The molecule has 248 valence electrons. The van der Waals surface area contributed by atoms with Gasteiger partial charge >= 0.3 is 13.8 Å². The Hall–Kier alpha value is -0.720. The SMILES string of the molecule is CC(C)CCC[C@@H](C)[C@H]1CC[C@H]2[C@@H]3CC=C4C[C@@H](OC(=O)CCOP(=O)(O)OCC[N+](C)(C)C)CC[C@]4(C)[C@H]3CC[C@]12C. The Morgan fingerprint density at radius 3 is 2.44 bits per heavy atom. The quantitative estimate of drug-likeness (QED) is 0.0909. The molecule has 0 spiro atoms. The van der Waals surface area contributed by atoms with Crippen molar-refractivity contribution in [1.82, 2.24) is 0 Å². The molecule has 0 aromatic rings. The summed E-state index contributed by atoms with van der Waals surface area (Å²) in [6, 6.07) is 0. The Labute approximate surface area is 262 Å². The van der Waals surface area contributed by atoms with Crippen LogP contribution in [0.5, 0.6) is 0 Å². The molecule has 0 radical (unpaired) electrons. The van der Waals surface area contributed by atoms with E-state index >= 15 is 0 Å². The smallest absolute Gasteiger partial charge is 0.462 e. The second-order valence-corrected chi connectivity index (χ2v) is 18.0. The number of phosphoric ester groups is 1. The molecule has 0 bridgehead atoms. The fraction of sp³-hybridized carbons (Fsp3) is 0.914. The lowest BCUT2D eigenvalue weighted by Gasteiger charge is -2.58. The van der Waals surface area contributed by atoms with E-state index in [2.05, 4.69) is 40.7 Å². The number of rotatable bonds is 14. The second kappa shape index (κ2) is 14.0. The molecule has 4 rings (SSSR count). The predicted octanol–water partition coefficient (Wildman–Crippen LogP) is 8.17. The van der Waals surface area contributed by atoms with Crippen molar-refractivity contribution in [2.45, 2.75) is 118 Å². The van der Waals surface area contributed by atoms with Gasteiger partial charge in [-0.05, 0) is 91.3 Å². The van der Waals surface area contributed by atoms with Gasteiger partial charge in [0.25, 0.3) is 0 Å². The van der Waals surface area contributed by atoms with Gasteiger partial charge in [-0.3, -0.25) is 13.8 Å². The van der Waals surface area contributed by atoms with Crippen LogP contribution in [-0.2, 0) is 23.1 Å². The molecule has 0 aromatic heterocycles. The first-order valence-corrected chi connectivity index (χ1v) is 18.8. The molecule has 9 atom stereocenters. The summed E-state index contributed by atoms with van der Waals surface area (Å²) in [5, 5.41) is 0. The van der Waals surface area contributed by atoms with Crippen LogP contribution < -0.4 is 0 Å². The highest BCUT2D eigenvalue weighted by atomic mass is 31.2. The van der Waals surface area contributed by atoms with E-state index in [-0.39, 0.29) is 37.1 Å². The predicted molar refractivity (Wildman–Crippen MR) is 172 cm³/mol. The molecule has 1 N–H and O–H groups in total. The van der Waals surface area contributed by atoms with E-state index in [0.717, 1.165) is 54.8 Å². The molecule has 7 nitrogen and oxygen atoms in total. The van der Waals surface area contributed by atoms with Crippen LogP contribution in [-0.4, -0.2) is 62.4 Å². The zero-order chi connectivity index (χ0) is 31.6. The van der Waals surface area contributed by atoms with Gasteiger partial charge in [0, 0.05) is 6.42 Å². The highest BCUT2D eigenvalue weighted by Crippen LogP contribution is 2.67. The van der Waals surface area contributed by atoms with E-state index in [1.54, 1.807) is 0 Å². The Morgan fingerprint density at radius 2 is 1.74 bits per heavy atom. The number of hydrogen-bond acceptors (Lipinski definition) is 5. The summed E-state index contributed by atoms with van der Waals surface area (Å²) in [6.45, 7) is 12.9. The van der Waals surface area contributed by atoms with Crippen LogP contribution in [0.3, 0.4) is 0 Å². The number of hydrogen-bond donors (Lipinski definition) is 1. The zero-order valence-electron chi connectivity index (χ0n) is 28.6. The zero-order valence-corrected chi connectivity index (χ0v) is 29.5. The maximum Gasteiger partial charge on any atom is 0.472 e. The molecule has 0 amide bonds. The topological polar surface area (TPSA) is 82.1 Å². The minimum atomic E-state index is -4.18. The minimum absolute atomic E-state index is 0.0575. The summed E-state index contributed by atoms with van der Waals surface area (Å²) in [5.41, 5.74) is 2.20. The Morgan fingerprint density at radius 1 is 1.02 bits per heavy atom. The molecule has 4 aliphatic carbocycles. The molecule has 0 aromatic carbocycles. The fourth-order valence-electron chi connectivity index (χ4n) is 9.71. The molecule has 3 fully saturated rings. The molecule has 3 saturated carbocycles. The molecule has 0 saturated heterocycles. The maximum absolute atomic E-state index is 12.6. The molecule has 8 heteroatoms. The van der Waals surface area contributed by atoms with Crippen molar-refractivity contribution in [3.05, 3.63) is 11.6 Å². The van der Waals surface area contributed by atoms with E-state index < -0.39 is 7.82 Å². The van der Waals surface area contributed by atoms with Crippen molar-refractivity contribution in [2.24, 2.45) is 46.3 Å². The lowest BCUT2D eigenvalue weighted by atomic mass is 9.47. The van der Waals surface area contributed by atoms with Crippen LogP contribution in [0.15, 0.2) is 11.6 Å². The highest BCUT2D eigenvalue weighted by molar-refractivity contribution is 7.47. The first kappa shape index (κ1) is 35.1. The van der Waals surface area contributed by atoms with Gasteiger partial charge in [0.15, 0.2) is 0 Å². The van der Waals surface area contributed by atoms with E-state index in [1.807, 2.05) is 21.1 Å². The van der Waals surface area contributed by atoms with Gasteiger partial charge in [-0.15, -0.1) is 0 Å². The first-order chi connectivity index (χ1) is 20.0. The average molecular weight is 625 g/mol. The highest BCUT2D eigenvalue weighted by Gasteiger charge is 2.59. The number of likely N-dealkylation sites (N-methyl/N-ethyl adjacent to an activating group) is 1. The summed E-state index contributed by atoms with van der Waals surface area (Å²) in [5.74, 6) is 4.50. The van der Waals surface area contributed by atoms with Crippen molar-refractivity contribution < 1.29 is 32.5 Å². The minimum Gasteiger partial charge on any atom is -0.462 e. The van der Waals surface area contributed by atoms with Gasteiger partial charge in [-0.1, -0.05) is 65.5 Å². The van der Waals surface area contributed by atoms with Crippen LogP contribution in [0.4, 0.5) is 0 Å². The van der Waals surface area contributed by atoms with Crippen LogP contribution in [0.2, 0.25) is 0 Å². The van der Waals surface area contributed by atoms with Crippen molar-refractivity contribution in [1.29, 1.82) is 0 Å². The second-order valence-electron chi connectivity index (χ2n) is 16.5. The van der Waals surface area contributed by atoms with Crippen molar-refractivity contribution >= 4 is 13.8 Å². The first-order valence-electron chi connectivity index (χ1n) is 17.4. The van der Waals surface area contributed by atoms with E-state index in [4.69, 9.17) is 13.8 Å². The van der Waals surface area contributed by atoms with E-state index in [0.29, 0.717) is 16.4 Å². The van der Waals surface area contributed by atoms with E-state index in [9.17, 15) is 14.3 Å². The van der Waals surface area contributed by atoms with Crippen molar-refractivity contribution in [3.63, 3.8) is 0 Å². The normalized spacial score (nSPS) is 36.2. The Balaban J connectivity index is 1.27. The number of quaternary nitrogens is 1. The average Bonchev–Trinajstić information content (AvgIpc) is 3.25. The number of fused-ring (bicyclic) bond motifs is 5. The monoisotopic (exact) mass is 624 g/mol. The van der Waals surface area contributed by atoms with Gasteiger partial charge in [0.1, 0.15) is 19.3 Å².